The summed E-state index contributed by atoms with van der Waals surface area (Å²) >= 11 is 1.44. The Hall–Kier alpha value is -3.63. The van der Waals surface area contributed by atoms with Crippen molar-refractivity contribution in [2.75, 3.05) is 0 Å². The molecular weight excluding hydrogens is 404 g/mol. The molecule has 3 nitrogen and oxygen atoms in total. The van der Waals surface area contributed by atoms with Crippen LogP contribution in [0.5, 0.6) is 5.75 Å². The van der Waals surface area contributed by atoms with Gasteiger partial charge in [0.1, 0.15) is 5.75 Å². The zero-order valence-electron chi connectivity index (χ0n) is 16.8. The van der Waals surface area contributed by atoms with E-state index in [9.17, 15) is 9.59 Å². The van der Waals surface area contributed by atoms with Gasteiger partial charge in [-0.15, -0.1) is 0 Å². The van der Waals surface area contributed by atoms with Crippen molar-refractivity contribution in [3.63, 3.8) is 0 Å². The molecule has 4 aromatic rings. The van der Waals surface area contributed by atoms with Gasteiger partial charge >= 0.3 is 5.97 Å². The highest BCUT2D eigenvalue weighted by Crippen LogP contribution is 2.41. The van der Waals surface area contributed by atoms with Gasteiger partial charge in [-0.05, 0) is 60.2 Å². The molecule has 0 aromatic heterocycles. The summed E-state index contributed by atoms with van der Waals surface area (Å²) < 4.78 is 5.75. The molecule has 0 aliphatic carbocycles. The number of ether oxygens (including phenoxy) is 1. The van der Waals surface area contributed by atoms with E-state index >= 15 is 0 Å². The predicted molar refractivity (Wildman–Crippen MR) is 125 cm³/mol. The van der Waals surface area contributed by atoms with E-state index in [1.807, 2.05) is 85.8 Å². The maximum Gasteiger partial charge on any atom is 0.343 e. The summed E-state index contributed by atoms with van der Waals surface area (Å²) in [6, 6.07) is 26.5. The number of rotatable bonds is 3. The number of aryl methyl sites for hydroxylation is 1. The predicted octanol–water partition coefficient (Wildman–Crippen LogP) is 6.70. The molecule has 0 unspecified atom stereocenters. The van der Waals surface area contributed by atoms with Crippen LogP contribution >= 0.6 is 11.8 Å². The maximum atomic E-state index is 12.9. The standard InChI is InChI=1S/C27H18O3S/c1-17-10-13-23(30-27(29)20-12-11-18-6-2-3-7-19(18)15-20)21(14-17)16-25-26(28)22-8-4-5-9-24(22)31-25/h2-16H,1H3/b25-16-. The first-order valence-corrected chi connectivity index (χ1v) is 10.7. The lowest BCUT2D eigenvalue weighted by Gasteiger charge is -2.10. The highest BCUT2D eigenvalue weighted by atomic mass is 32.2. The van der Waals surface area contributed by atoms with Crippen molar-refractivity contribution in [3.05, 3.63) is 112 Å². The monoisotopic (exact) mass is 422 g/mol. The van der Waals surface area contributed by atoms with Crippen LogP contribution in [0.1, 0.15) is 31.8 Å². The van der Waals surface area contributed by atoms with Gasteiger partial charge in [0, 0.05) is 16.0 Å². The Morgan fingerprint density at radius 1 is 0.871 bits per heavy atom. The minimum Gasteiger partial charge on any atom is -0.422 e. The zero-order valence-corrected chi connectivity index (χ0v) is 17.6. The molecule has 1 aliphatic rings. The van der Waals surface area contributed by atoms with Crippen molar-refractivity contribution in [1.29, 1.82) is 0 Å². The molecule has 0 spiro atoms. The van der Waals surface area contributed by atoms with Gasteiger partial charge in [-0.2, -0.15) is 0 Å². The number of hydrogen-bond donors (Lipinski definition) is 0. The molecule has 0 radical (unpaired) electrons. The number of hydrogen-bond acceptors (Lipinski definition) is 4. The van der Waals surface area contributed by atoms with Crippen LogP contribution < -0.4 is 4.74 Å². The molecule has 1 aliphatic heterocycles. The molecule has 0 atom stereocenters. The van der Waals surface area contributed by atoms with Gasteiger partial charge < -0.3 is 4.74 Å². The second kappa shape index (κ2) is 7.89. The highest BCUT2D eigenvalue weighted by molar-refractivity contribution is 8.04. The van der Waals surface area contributed by atoms with E-state index < -0.39 is 5.97 Å². The van der Waals surface area contributed by atoms with Crippen molar-refractivity contribution in [2.45, 2.75) is 11.8 Å². The third kappa shape index (κ3) is 3.78. The van der Waals surface area contributed by atoms with Crippen LogP contribution in [0.25, 0.3) is 16.8 Å². The largest absolute Gasteiger partial charge is 0.422 e. The van der Waals surface area contributed by atoms with Crippen LogP contribution in [0, 0.1) is 6.92 Å². The topological polar surface area (TPSA) is 43.4 Å². The minimum atomic E-state index is -0.428. The van der Waals surface area contributed by atoms with Crippen molar-refractivity contribution in [1.82, 2.24) is 0 Å². The number of allylic oxidation sites excluding steroid dienone is 1. The van der Waals surface area contributed by atoms with E-state index in [1.54, 1.807) is 12.1 Å². The molecule has 4 heteroatoms. The van der Waals surface area contributed by atoms with E-state index in [0.29, 0.717) is 27.3 Å². The lowest BCUT2D eigenvalue weighted by molar-refractivity contribution is 0.0734. The first-order valence-electron chi connectivity index (χ1n) is 9.93. The van der Waals surface area contributed by atoms with Crippen LogP contribution in [-0.2, 0) is 0 Å². The summed E-state index contributed by atoms with van der Waals surface area (Å²) in [5.74, 6) is -0.00234. The van der Waals surface area contributed by atoms with Crippen molar-refractivity contribution in [2.24, 2.45) is 0 Å². The number of thioether (sulfide) groups is 1. The number of benzene rings is 4. The summed E-state index contributed by atoms with van der Waals surface area (Å²) in [4.78, 5) is 27.2. The lowest BCUT2D eigenvalue weighted by atomic mass is 10.1. The van der Waals surface area contributed by atoms with Crippen LogP contribution in [0.3, 0.4) is 0 Å². The fraction of sp³-hybridized carbons (Fsp3) is 0.0370. The Morgan fingerprint density at radius 3 is 2.48 bits per heavy atom. The molecule has 0 N–H and O–H groups in total. The SMILES string of the molecule is Cc1ccc(OC(=O)c2ccc3ccccc3c2)c(/C=C2\Sc3ccccc3C2=O)c1. The Kier molecular flexibility index (Phi) is 4.92. The summed E-state index contributed by atoms with van der Waals surface area (Å²) in [7, 11) is 0. The van der Waals surface area contributed by atoms with Gasteiger partial charge in [0.05, 0.1) is 10.5 Å². The molecular formula is C27H18O3S. The summed E-state index contributed by atoms with van der Waals surface area (Å²) in [6.07, 6.45) is 1.81. The van der Waals surface area contributed by atoms with Gasteiger partial charge in [-0.3, -0.25) is 4.79 Å². The molecule has 0 fully saturated rings. The summed E-state index contributed by atoms with van der Waals surface area (Å²) in [6.45, 7) is 1.97. The highest BCUT2D eigenvalue weighted by Gasteiger charge is 2.25. The first kappa shape index (κ1) is 19.3. The van der Waals surface area contributed by atoms with E-state index in [0.717, 1.165) is 21.2 Å². The van der Waals surface area contributed by atoms with Gasteiger partial charge in [-0.25, -0.2) is 4.79 Å². The van der Waals surface area contributed by atoms with E-state index in [1.165, 1.54) is 11.8 Å². The van der Waals surface area contributed by atoms with E-state index in [-0.39, 0.29) is 5.78 Å². The van der Waals surface area contributed by atoms with Crippen LogP contribution in [0.2, 0.25) is 0 Å². The fourth-order valence-electron chi connectivity index (χ4n) is 3.63. The first-order chi connectivity index (χ1) is 15.1. The molecule has 1 heterocycles. The third-order valence-corrected chi connectivity index (χ3v) is 6.31. The number of esters is 1. The molecule has 0 amide bonds. The number of carbonyl (C=O) groups is 2. The number of fused-ring (bicyclic) bond motifs is 2. The van der Waals surface area contributed by atoms with Crippen molar-refractivity contribution < 1.29 is 14.3 Å². The third-order valence-electron chi connectivity index (χ3n) is 5.22. The van der Waals surface area contributed by atoms with Crippen molar-refractivity contribution >= 4 is 40.4 Å². The fourth-order valence-corrected chi connectivity index (χ4v) is 4.67. The Labute approximate surface area is 184 Å². The average molecular weight is 423 g/mol. The zero-order chi connectivity index (χ0) is 21.4. The van der Waals surface area contributed by atoms with Gasteiger partial charge in [0.25, 0.3) is 0 Å². The molecule has 5 rings (SSSR count). The van der Waals surface area contributed by atoms with Crippen LogP contribution in [-0.4, -0.2) is 11.8 Å². The molecule has 0 saturated heterocycles. The Morgan fingerprint density at radius 2 is 1.65 bits per heavy atom. The van der Waals surface area contributed by atoms with E-state index in [4.69, 9.17) is 4.74 Å². The second-order valence-electron chi connectivity index (χ2n) is 7.43. The van der Waals surface area contributed by atoms with Crippen LogP contribution in [0.4, 0.5) is 0 Å². The molecule has 0 bridgehead atoms. The van der Waals surface area contributed by atoms with Gasteiger partial charge in [0.15, 0.2) is 0 Å². The Balaban J connectivity index is 1.47. The molecule has 31 heavy (non-hydrogen) atoms. The molecule has 0 saturated carbocycles. The average Bonchev–Trinajstić information content (AvgIpc) is 3.10. The number of ketones is 1. The van der Waals surface area contributed by atoms with Crippen molar-refractivity contribution in [3.8, 4) is 5.75 Å². The van der Waals surface area contributed by atoms with Crippen LogP contribution in [0.15, 0.2) is 94.7 Å². The summed E-state index contributed by atoms with van der Waals surface area (Å²) in [5.41, 5.74) is 2.92. The quantitative estimate of drug-likeness (QED) is 0.209. The second-order valence-corrected chi connectivity index (χ2v) is 8.51. The normalized spacial score (nSPS) is 14.1. The molecule has 150 valence electrons. The van der Waals surface area contributed by atoms with Gasteiger partial charge in [-0.1, -0.05) is 65.9 Å². The summed E-state index contributed by atoms with van der Waals surface area (Å²) in [5, 5.41) is 2.05. The van der Waals surface area contributed by atoms with Gasteiger partial charge in [0.2, 0.25) is 5.78 Å². The van der Waals surface area contributed by atoms with E-state index in [2.05, 4.69) is 0 Å². The molecule has 4 aromatic carbocycles. The number of carbonyl (C=O) groups excluding carboxylic acids is 2. The Bertz CT molecular complexity index is 1380. The number of Topliss-reactive ketones (excluding diaryl/α,β-unsaturated/α-hetero) is 1. The lowest BCUT2D eigenvalue weighted by Crippen LogP contribution is -2.09. The minimum absolute atomic E-state index is 0.00564. The smallest absolute Gasteiger partial charge is 0.343 e. The maximum absolute atomic E-state index is 12.9.